The number of carbonyl (C=O) groups excluding carboxylic acids is 3. The highest BCUT2D eigenvalue weighted by Gasteiger charge is 2.38. The van der Waals surface area contributed by atoms with Crippen molar-refractivity contribution in [1.29, 1.82) is 0 Å². The molecule has 0 saturated carbocycles. The van der Waals surface area contributed by atoms with E-state index < -0.39 is 5.91 Å². The van der Waals surface area contributed by atoms with E-state index in [0.717, 1.165) is 27.5 Å². The minimum absolute atomic E-state index is 0.238. The van der Waals surface area contributed by atoms with Gasteiger partial charge in [-0.05, 0) is 54.3 Å². The van der Waals surface area contributed by atoms with Crippen LogP contribution in [-0.2, 0) is 19.4 Å². The number of nitrogens with zero attached hydrogens (tertiary/aromatic N) is 3. The second-order valence-electron chi connectivity index (χ2n) is 8.38. The number of fused-ring (bicyclic) bond motifs is 1. The molecule has 2 aromatic heterocycles. The summed E-state index contributed by atoms with van der Waals surface area (Å²) in [5.74, 6) is -1.10. The molecule has 0 saturated heterocycles. The average molecular weight is 497 g/mol. The van der Waals surface area contributed by atoms with Crippen molar-refractivity contribution in [3.05, 3.63) is 99.7 Å². The maximum absolute atomic E-state index is 13.4. The molecule has 1 aliphatic rings. The van der Waals surface area contributed by atoms with E-state index in [9.17, 15) is 14.4 Å². The number of nitrogens with one attached hydrogen (secondary N) is 1. The molecule has 0 atom stereocenters. The third-order valence-corrected chi connectivity index (χ3v) is 7.12. The predicted molar refractivity (Wildman–Crippen MR) is 139 cm³/mol. The van der Waals surface area contributed by atoms with Gasteiger partial charge in [-0.1, -0.05) is 38.1 Å². The number of hydrogen-bond donors (Lipinski definition) is 1. The van der Waals surface area contributed by atoms with Gasteiger partial charge in [0.15, 0.2) is 0 Å². The summed E-state index contributed by atoms with van der Waals surface area (Å²) in [6, 6.07) is 16.1. The number of thiazole rings is 1. The molecule has 0 radical (unpaired) electrons. The quantitative estimate of drug-likeness (QED) is 0.361. The van der Waals surface area contributed by atoms with E-state index in [2.05, 4.69) is 15.3 Å². The van der Waals surface area contributed by atoms with E-state index >= 15 is 0 Å². The summed E-state index contributed by atoms with van der Waals surface area (Å²) in [5.41, 5.74) is 4.91. The molecule has 0 spiro atoms. The van der Waals surface area contributed by atoms with Crippen molar-refractivity contribution < 1.29 is 14.4 Å². The van der Waals surface area contributed by atoms with Crippen molar-refractivity contribution in [3.8, 4) is 10.7 Å². The van der Waals surface area contributed by atoms with Crippen molar-refractivity contribution in [3.63, 3.8) is 0 Å². The van der Waals surface area contributed by atoms with Crippen LogP contribution in [0.2, 0.25) is 0 Å². The van der Waals surface area contributed by atoms with Crippen LogP contribution in [0.5, 0.6) is 0 Å². The van der Waals surface area contributed by atoms with Crippen LogP contribution in [0.3, 0.4) is 0 Å². The van der Waals surface area contributed by atoms with Crippen LogP contribution in [0.1, 0.15) is 61.7 Å². The summed E-state index contributed by atoms with van der Waals surface area (Å²) in [6.07, 6.45) is 3.11. The molecular weight excluding hydrogens is 472 g/mol. The van der Waals surface area contributed by atoms with E-state index in [1.54, 1.807) is 18.3 Å². The van der Waals surface area contributed by atoms with E-state index in [-0.39, 0.29) is 23.9 Å². The molecule has 1 N–H and O–H groups in total. The first-order valence-electron chi connectivity index (χ1n) is 11.8. The summed E-state index contributed by atoms with van der Waals surface area (Å²) in [5, 5.41) is 5.51. The fourth-order valence-corrected chi connectivity index (χ4v) is 5.15. The van der Waals surface area contributed by atoms with E-state index in [1.165, 1.54) is 22.3 Å². The van der Waals surface area contributed by atoms with Crippen LogP contribution in [0, 0.1) is 0 Å². The number of hydrogen-bond acceptors (Lipinski definition) is 6. The maximum Gasteiger partial charge on any atom is 0.266 e. The molecule has 3 heterocycles. The van der Waals surface area contributed by atoms with E-state index in [4.69, 9.17) is 0 Å². The number of pyridine rings is 1. The first-order chi connectivity index (χ1) is 17.5. The van der Waals surface area contributed by atoms with Gasteiger partial charge in [0, 0.05) is 17.1 Å². The summed E-state index contributed by atoms with van der Waals surface area (Å²) < 4.78 is 0. The van der Waals surface area contributed by atoms with Crippen LogP contribution in [0.25, 0.3) is 10.7 Å². The Labute approximate surface area is 212 Å². The number of carbonyl (C=O) groups is 3. The molecule has 180 valence electrons. The number of aromatic nitrogens is 2. The zero-order chi connectivity index (χ0) is 25.2. The SMILES string of the molecule is CCc1cccc(CC)c1N1C(=O)c2ccc(C(=O)NCc3csc(-c4ccccn4)n3)cc2C1=O. The normalized spacial score (nSPS) is 12.7. The molecule has 36 heavy (non-hydrogen) atoms. The highest BCUT2D eigenvalue weighted by Crippen LogP contribution is 2.34. The van der Waals surface area contributed by atoms with Crippen LogP contribution >= 0.6 is 11.3 Å². The second-order valence-corrected chi connectivity index (χ2v) is 9.24. The van der Waals surface area contributed by atoms with Gasteiger partial charge < -0.3 is 5.32 Å². The monoisotopic (exact) mass is 496 g/mol. The Morgan fingerprint density at radius 2 is 1.69 bits per heavy atom. The first kappa shape index (κ1) is 23.6. The minimum atomic E-state index is -0.403. The number of anilines is 1. The number of rotatable bonds is 7. The Balaban J connectivity index is 1.35. The molecule has 0 unspecified atom stereocenters. The molecule has 2 aromatic carbocycles. The standard InChI is InChI=1S/C28H24N4O3S/c1-3-17-8-7-9-18(4-2)24(17)32-27(34)21-12-11-19(14-22(21)28(32)35)25(33)30-15-20-16-36-26(31-20)23-10-5-6-13-29-23/h5-14,16H,3-4,15H2,1-2H3,(H,30,33). The first-order valence-corrected chi connectivity index (χ1v) is 12.7. The smallest absolute Gasteiger partial charge is 0.266 e. The van der Waals surface area contributed by atoms with Crippen molar-refractivity contribution in [2.75, 3.05) is 4.90 Å². The molecule has 4 aromatic rings. The Morgan fingerprint density at radius 3 is 2.39 bits per heavy atom. The summed E-state index contributed by atoms with van der Waals surface area (Å²) >= 11 is 1.46. The summed E-state index contributed by atoms with van der Waals surface area (Å²) in [4.78, 5) is 49.6. The topological polar surface area (TPSA) is 92.3 Å². The third kappa shape index (κ3) is 4.20. The lowest BCUT2D eigenvalue weighted by Crippen LogP contribution is -2.31. The molecule has 3 amide bonds. The van der Waals surface area contributed by atoms with Gasteiger partial charge in [-0.2, -0.15) is 0 Å². The van der Waals surface area contributed by atoms with Crippen molar-refractivity contribution in [2.24, 2.45) is 0 Å². The molecule has 5 rings (SSSR count). The van der Waals surface area contributed by atoms with Gasteiger partial charge in [-0.25, -0.2) is 9.88 Å². The van der Waals surface area contributed by atoms with Gasteiger partial charge in [0.1, 0.15) is 5.01 Å². The molecule has 0 bridgehead atoms. The van der Waals surface area contributed by atoms with Gasteiger partial charge in [-0.3, -0.25) is 19.4 Å². The summed E-state index contributed by atoms with van der Waals surface area (Å²) in [7, 11) is 0. The van der Waals surface area contributed by atoms with Crippen LogP contribution < -0.4 is 10.2 Å². The zero-order valence-electron chi connectivity index (χ0n) is 19.9. The Hall–Kier alpha value is -4.17. The lowest BCUT2D eigenvalue weighted by Gasteiger charge is -2.21. The van der Waals surface area contributed by atoms with E-state index in [0.29, 0.717) is 29.7 Å². The van der Waals surface area contributed by atoms with Crippen LogP contribution in [0.4, 0.5) is 5.69 Å². The van der Waals surface area contributed by atoms with E-state index in [1.807, 2.05) is 55.6 Å². The molecule has 1 aliphatic heterocycles. The molecule has 0 aliphatic carbocycles. The number of imide groups is 1. The maximum atomic E-state index is 13.4. The third-order valence-electron chi connectivity index (χ3n) is 6.20. The predicted octanol–water partition coefficient (Wildman–Crippen LogP) is 5.06. The second kappa shape index (κ2) is 9.83. The zero-order valence-corrected chi connectivity index (χ0v) is 20.8. The number of para-hydroxylation sites is 1. The molecule has 7 nitrogen and oxygen atoms in total. The van der Waals surface area contributed by atoms with Crippen LogP contribution in [-0.4, -0.2) is 27.7 Å². The molecule has 8 heteroatoms. The Morgan fingerprint density at radius 1 is 0.944 bits per heavy atom. The Bertz CT molecular complexity index is 1460. The fraction of sp³-hybridized carbons (Fsp3) is 0.179. The molecular formula is C28H24N4O3S. The number of amides is 3. The minimum Gasteiger partial charge on any atom is -0.346 e. The van der Waals surface area contributed by atoms with Gasteiger partial charge in [0.05, 0.1) is 34.7 Å². The summed E-state index contributed by atoms with van der Waals surface area (Å²) in [6.45, 7) is 4.24. The van der Waals surface area contributed by atoms with Gasteiger partial charge in [-0.15, -0.1) is 11.3 Å². The average Bonchev–Trinajstić information content (AvgIpc) is 3.49. The van der Waals surface area contributed by atoms with Gasteiger partial charge in [0.25, 0.3) is 17.7 Å². The van der Waals surface area contributed by atoms with Crippen molar-refractivity contribution in [1.82, 2.24) is 15.3 Å². The van der Waals surface area contributed by atoms with Crippen molar-refractivity contribution in [2.45, 2.75) is 33.2 Å². The van der Waals surface area contributed by atoms with Crippen LogP contribution in [0.15, 0.2) is 66.2 Å². The Kier molecular flexibility index (Phi) is 6.43. The lowest BCUT2D eigenvalue weighted by molar-refractivity contribution is 0.0923. The number of aryl methyl sites for hydroxylation is 2. The fourth-order valence-electron chi connectivity index (χ4n) is 4.36. The van der Waals surface area contributed by atoms with Crippen molar-refractivity contribution >= 4 is 34.7 Å². The van der Waals surface area contributed by atoms with Gasteiger partial charge in [0.2, 0.25) is 0 Å². The van der Waals surface area contributed by atoms with Gasteiger partial charge >= 0.3 is 0 Å². The highest BCUT2D eigenvalue weighted by molar-refractivity contribution is 7.13. The number of benzene rings is 2. The molecule has 0 fully saturated rings. The lowest BCUT2D eigenvalue weighted by atomic mass is 10.0. The largest absolute Gasteiger partial charge is 0.346 e. The highest BCUT2D eigenvalue weighted by atomic mass is 32.1.